The molecular weight excluding hydrogens is 326 g/mol. The molecule has 0 atom stereocenters. The van der Waals surface area contributed by atoms with E-state index in [9.17, 15) is 0 Å². The highest BCUT2D eigenvalue weighted by atomic mass is 79.9. The maximum absolute atomic E-state index is 5.76. The van der Waals surface area contributed by atoms with Gasteiger partial charge in [0.2, 0.25) is 0 Å². The maximum Gasteiger partial charge on any atom is 0.141 e. The first-order valence-electron chi connectivity index (χ1n) is 7.18. The van der Waals surface area contributed by atoms with E-state index in [1.807, 2.05) is 12.1 Å². The van der Waals surface area contributed by atoms with Crippen molar-refractivity contribution in [1.82, 2.24) is 9.55 Å². The first-order valence-corrected chi connectivity index (χ1v) is 7.97. The molecule has 0 spiro atoms. The Bertz CT molecular complexity index is 777. The van der Waals surface area contributed by atoms with E-state index in [0.29, 0.717) is 6.54 Å². The number of aromatic nitrogens is 2. The van der Waals surface area contributed by atoms with Crippen molar-refractivity contribution in [3.05, 3.63) is 52.5 Å². The zero-order valence-corrected chi connectivity index (χ0v) is 13.6. The lowest BCUT2D eigenvalue weighted by molar-refractivity contribution is 0.704. The highest BCUT2D eigenvalue weighted by molar-refractivity contribution is 9.10. The van der Waals surface area contributed by atoms with Crippen LogP contribution in [-0.2, 0) is 13.1 Å². The van der Waals surface area contributed by atoms with Crippen LogP contribution in [-0.4, -0.2) is 9.55 Å². The molecule has 1 heterocycles. The number of hydrogen-bond acceptors (Lipinski definition) is 2. The monoisotopic (exact) mass is 343 g/mol. The zero-order valence-electron chi connectivity index (χ0n) is 12.0. The highest BCUT2D eigenvalue weighted by Gasteiger charge is 2.12. The third-order valence-electron chi connectivity index (χ3n) is 3.58. The lowest BCUT2D eigenvalue weighted by Crippen LogP contribution is -2.01. The number of aryl methyl sites for hydroxylation is 1. The summed E-state index contributed by atoms with van der Waals surface area (Å²) in [5.41, 5.74) is 10.2. The predicted molar refractivity (Wildman–Crippen MR) is 91.1 cm³/mol. The van der Waals surface area contributed by atoms with Crippen molar-refractivity contribution < 1.29 is 0 Å². The van der Waals surface area contributed by atoms with Crippen LogP contribution < -0.4 is 5.73 Å². The minimum absolute atomic E-state index is 0.549. The average molecular weight is 344 g/mol. The summed E-state index contributed by atoms with van der Waals surface area (Å²) in [4.78, 5) is 4.83. The fourth-order valence-corrected chi connectivity index (χ4v) is 2.96. The molecule has 0 unspecified atom stereocenters. The zero-order chi connectivity index (χ0) is 14.8. The van der Waals surface area contributed by atoms with Crippen LogP contribution in [0.15, 0.2) is 46.9 Å². The van der Waals surface area contributed by atoms with Crippen molar-refractivity contribution in [1.29, 1.82) is 0 Å². The van der Waals surface area contributed by atoms with Gasteiger partial charge in [-0.25, -0.2) is 4.98 Å². The van der Waals surface area contributed by atoms with Crippen LogP contribution in [0.4, 0.5) is 0 Å². The van der Waals surface area contributed by atoms with Gasteiger partial charge in [-0.1, -0.05) is 41.1 Å². The molecule has 3 aromatic rings. The number of rotatable bonds is 4. The van der Waals surface area contributed by atoms with E-state index in [2.05, 4.69) is 57.8 Å². The molecule has 0 amide bonds. The average Bonchev–Trinajstić information content (AvgIpc) is 2.85. The van der Waals surface area contributed by atoms with Crippen molar-refractivity contribution >= 4 is 27.0 Å². The quantitative estimate of drug-likeness (QED) is 0.765. The molecule has 0 aliphatic carbocycles. The van der Waals surface area contributed by atoms with Crippen LogP contribution in [0.5, 0.6) is 0 Å². The van der Waals surface area contributed by atoms with Gasteiger partial charge in [-0.15, -0.1) is 0 Å². The number of halogens is 1. The molecule has 0 saturated carbocycles. The van der Waals surface area contributed by atoms with Crippen molar-refractivity contribution in [3.63, 3.8) is 0 Å². The second kappa shape index (κ2) is 6.00. The fraction of sp³-hybridized carbons (Fsp3) is 0.235. The Kier molecular flexibility index (Phi) is 4.08. The Morgan fingerprint density at radius 1 is 1.19 bits per heavy atom. The van der Waals surface area contributed by atoms with Gasteiger partial charge in [-0.05, 0) is 36.2 Å². The van der Waals surface area contributed by atoms with Crippen LogP contribution in [0, 0.1) is 0 Å². The Morgan fingerprint density at radius 3 is 2.81 bits per heavy atom. The lowest BCUT2D eigenvalue weighted by atomic mass is 10.1. The molecule has 3 rings (SSSR count). The van der Waals surface area contributed by atoms with E-state index in [0.717, 1.165) is 39.9 Å². The summed E-state index contributed by atoms with van der Waals surface area (Å²) < 4.78 is 3.34. The maximum atomic E-state index is 5.76. The van der Waals surface area contributed by atoms with Crippen LogP contribution >= 0.6 is 15.9 Å². The minimum Gasteiger partial charge on any atom is -0.326 e. The van der Waals surface area contributed by atoms with Gasteiger partial charge in [0.15, 0.2) is 0 Å². The van der Waals surface area contributed by atoms with Gasteiger partial charge in [-0.3, -0.25) is 0 Å². The molecule has 0 fully saturated rings. The summed E-state index contributed by atoms with van der Waals surface area (Å²) >= 11 is 3.52. The van der Waals surface area contributed by atoms with Crippen molar-refractivity contribution in [2.24, 2.45) is 5.73 Å². The fourth-order valence-electron chi connectivity index (χ4n) is 2.61. The molecule has 1 aromatic heterocycles. The number of benzene rings is 2. The van der Waals surface area contributed by atoms with Gasteiger partial charge < -0.3 is 10.3 Å². The summed E-state index contributed by atoms with van der Waals surface area (Å²) in [7, 11) is 0. The smallest absolute Gasteiger partial charge is 0.141 e. The van der Waals surface area contributed by atoms with E-state index < -0.39 is 0 Å². The van der Waals surface area contributed by atoms with E-state index in [-0.39, 0.29) is 0 Å². The number of fused-ring (bicyclic) bond motifs is 1. The molecule has 3 nitrogen and oxygen atoms in total. The summed E-state index contributed by atoms with van der Waals surface area (Å²) in [5, 5.41) is 0. The number of nitrogens with two attached hydrogens (primary N) is 1. The number of nitrogens with zero attached hydrogens (tertiary/aromatic N) is 2. The van der Waals surface area contributed by atoms with E-state index >= 15 is 0 Å². The van der Waals surface area contributed by atoms with Crippen molar-refractivity contribution in [2.75, 3.05) is 0 Å². The largest absolute Gasteiger partial charge is 0.326 e. The number of hydrogen-bond donors (Lipinski definition) is 1. The molecule has 0 bridgehead atoms. The molecule has 2 aromatic carbocycles. The summed E-state index contributed by atoms with van der Waals surface area (Å²) in [6, 6.07) is 14.6. The molecule has 4 heteroatoms. The topological polar surface area (TPSA) is 43.8 Å². The van der Waals surface area contributed by atoms with Gasteiger partial charge in [0.1, 0.15) is 5.82 Å². The van der Waals surface area contributed by atoms with Crippen LogP contribution in [0.1, 0.15) is 18.9 Å². The summed E-state index contributed by atoms with van der Waals surface area (Å²) in [5.74, 6) is 1.01. The van der Waals surface area contributed by atoms with Crippen molar-refractivity contribution in [3.8, 4) is 11.4 Å². The highest BCUT2D eigenvalue weighted by Crippen LogP contribution is 2.27. The third-order valence-corrected chi connectivity index (χ3v) is 4.07. The molecule has 21 heavy (non-hydrogen) atoms. The normalized spacial score (nSPS) is 11.2. The standard InChI is InChI=1S/C17H18BrN3/c1-2-8-21-16-7-6-14(18)10-15(16)20-17(21)13-5-3-4-12(9-13)11-19/h3-7,9-10H,2,8,11,19H2,1H3. The Morgan fingerprint density at radius 2 is 2.05 bits per heavy atom. The predicted octanol–water partition coefficient (Wildman–Crippen LogP) is 4.33. The van der Waals surface area contributed by atoms with Gasteiger partial charge in [0, 0.05) is 23.1 Å². The SMILES string of the molecule is CCCn1c(-c2cccc(CN)c2)nc2cc(Br)ccc21. The van der Waals surface area contributed by atoms with E-state index in [4.69, 9.17) is 10.7 Å². The third kappa shape index (κ3) is 2.74. The minimum atomic E-state index is 0.549. The van der Waals surface area contributed by atoms with Gasteiger partial charge >= 0.3 is 0 Å². The van der Waals surface area contributed by atoms with E-state index in [1.165, 1.54) is 5.52 Å². The first kappa shape index (κ1) is 14.3. The lowest BCUT2D eigenvalue weighted by Gasteiger charge is -2.08. The van der Waals surface area contributed by atoms with Gasteiger partial charge in [0.05, 0.1) is 11.0 Å². The van der Waals surface area contributed by atoms with Gasteiger partial charge in [0.25, 0.3) is 0 Å². The molecular formula is C17H18BrN3. The second-order valence-corrected chi connectivity index (χ2v) is 6.04. The van der Waals surface area contributed by atoms with E-state index in [1.54, 1.807) is 0 Å². The van der Waals surface area contributed by atoms with Crippen LogP contribution in [0.3, 0.4) is 0 Å². The molecule has 2 N–H and O–H groups in total. The Hall–Kier alpha value is -1.65. The van der Waals surface area contributed by atoms with Crippen LogP contribution in [0.2, 0.25) is 0 Å². The molecule has 0 radical (unpaired) electrons. The summed E-state index contributed by atoms with van der Waals surface area (Å²) in [6.07, 6.45) is 1.07. The van der Waals surface area contributed by atoms with Crippen molar-refractivity contribution in [2.45, 2.75) is 26.4 Å². The Labute approximate surface area is 132 Å². The first-order chi connectivity index (χ1) is 10.2. The van der Waals surface area contributed by atoms with Gasteiger partial charge in [-0.2, -0.15) is 0 Å². The molecule has 108 valence electrons. The summed E-state index contributed by atoms with van der Waals surface area (Å²) in [6.45, 7) is 3.69. The molecule has 0 aliphatic heterocycles. The Balaban J connectivity index is 2.22. The number of imidazole rings is 1. The molecule has 0 saturated heterocycles. The molecule has 0 aliphatic rings. The van der Waals surface area contributed by atoms with Crippen LogP contribution in [0.25, 0.3) is 22.4 Å². The second-order valence-electron chi connectivity index (χ2n) is 5.12.